The summed E-state index contributed by atoms with van der Waals surface area (Å²) in [7, 11) is -8.44. The molecule has 2 aromatic rings. The van der Waals surface area contributed by atoms with E-state index in [0.717, 1.165) is 19.3 Å². The predicted molar refractivity (Wildman–Crippen MR) is 160 cm³/mol. The van der Waals surface area contributed by atoms with Crippen LogP contribution in [0.15, 0.2) is 82.1 Å². The minimum atomic E-state index is -4.22. The number of hydrogen-bond acceptors (Lipinski definition) is 8. The van der Waals surface area contributed by atoms with Crippen LogP contribution >= 0.6 is 0 Å². The first-order valence-corrected chi connectivity index (χ1v) is 17.8. The molecule has 0 unspecified atom stereocenters. The number of aliphatic hydroxyl groups excluding tert-OH is 1. The summed E-state index contributed by atoms with van der Waals surface area (Å²) in [5, 5.41) is 10.8. The third kappa shape index (κ3) is 7.51. The van der Waals surface area contributed by atoms with Crippen LogP contribution in [0.1, 0.15) is 65.7 Å². The summed E-state index contributed by atoms with van der Waals surface area (Å²) in [5.74, 6) is 0.702. The molecule has 1 aliphatic carbocycles. The summed E-state index contributed by atoms with van der Waals surface area (Å²) < 4.78 is 64.0. The van der Waals surface area contributed by atoms with Crippen LogP contribution in [0.4, 0.5) is 0 Å². The summed E-state index contributed by atoms with van der Waals surface area (Å²) in [4.78, 5) is 12.4. The first kappa shape index (κ1) is 32.4. The van der Waals surface area contributed by atoms with Crippen molar-refractivity contribution in [3.63, 3.8) is 0 Å². The van der Waals surface area contributed by atoms with Crippen molar-refractivity contribution in [2.24, 2.45) is 17.8 Å². The lowest BCUT2D eigenvalue weighted by molar-refractivity contribution is -0.179. The van der Waals surface area contributed by atoms with Gasteiger partial charge in [0.15, 0.2) is 24.3 Å². The van der Waals surface area contributed by atoms with Crippen molar-refractivity contribution in [1.82, 2.24) is 0 Å². The summed E-state index contributed by atoms with van der Waals surface area (Å²) in [6, 6.07) is 15.1. The van der Waals surface area contributed by atoms with Crippen LogP contribution in [0.25, 0.3) is 0 Å². The first-order chi connectivity index (χ1) is 19.9. The third-order valence-electron chi connectivity index (χ3n) is 8.41. The molecule has 230 valence electrons. The Morgan fingerprint density at radius 3 is 1.98 bits per heavy atom. The van der Waals surface area contributed by atoms with Crippen molar-refractivity contribution in [2.45, 2.75) is 98.6 Å². The summed E-state index contributed by atoms with van der Waals surface area (Å²) in [5.41, 5.74) is 0.121. The van der Waals surface area contributed by atoms with E-state index < -0.39 is 42.6 Å². The van der Waals surface area contributed by atoms with Crippen molar-refractivity contribution in [3.05, 3.63) is 72.3 Å². The van der Waals surface area contributed by atoms with E-state index in [2.05, 4.69) is 20.8 Å². The van der Waals surface area contributed by atoms with Gasteiger partial charge in [-0.3, -0.25) is 0 Å². The number of ether oxygens (including phenoxy) is 2. The molecular weight excluding hydrogens is 576 g/mol. The second-order valence-electron chi connectivity index (χ2n) is 11.8. The van der Waals surface area contributed by atoms with Crippen LogP contribution in [0.2, 0.25) is 0 Å². The Kier molecular flexibility index (Phi) is 10.7. The molecule has 0 bridgehead atoms. The van der Waals surface area contributed by atoms with Crippen molar-refractivity contribution < 1.29 is 36.2 Å². The Morgan fingerprint density at radius 1 is 0.881 bits per heavy atom. The maximum absolute atomic E-state index is 13.5. The third-order valence-corrected chi connectivity index (χ3v) is 13.6. The summed E-state index contributed by atoms with van der Waals surface area (Å²) in [6.07, 6.45) is 3.11. The highest BCUT2D eigenvalue weighted by Crippen LogP contribution is 2.37. The molecular formula is C32H42O8S2. The van der Waals surface area contributed by atoms with E-state index in [1.54, 1.807) is 36.4 Å². The molecule has 5 atom stereocenters. The van der Waals surface area contributed by atoms with Crippen molar-refractivity contribution in [1.29, 1.82) is 0 Å². The fourth-order valence-corrected chi connectivity index (χ4v) is 10.6. The lowest BCUT2D eigenvalue weighted by Crippen LogP contribution is -2.36. The van der Waals surface area contributed by atoms with E-state index in [4.69, 9.17) is 9.47 Å². The van der Waals surface area contributed by atoms with Crippen molar-refractivity contribution >= 4 is 25.6 Å². The molecule has 0 radical (unpaired) electrons. The number of aliphatic hydroxyl groups is 1. The van der Waals surface area contributed by atoms with Crippen LogP contribution in [0.5, 0.6) is 0 Å². The molecule has 0 amide bonds. The van der Waals surface area contributed by atoms with E-state index in [0.29, 0.717) is 24.2 Å². The SMILES string of the molecule is CC(C)[C@@H]1CC[C@@H](C)C[C@H]1O[C@H]1C=C([C@@H](O)CCCCC(S(=O)(=O)c2ccccc2)S(=O)(=O)c2ccccc2)C(=O)O1. The Balaban J connectivity index is 1.41. The second-order valence-corrected chi connectivity index (χ2v) is 16.4. The maximum atomic E-state index is 13.5. The minimum Gasteiger partial charge on any atom is -0.428 e. The van der Waals surface area contributed by atoms with E-state index in [-0.39, 0.29) is 40.7 Å². The first-order valence-electron chi connectivity index (χ1n) is 14.8. The van der Waals surface area contributed by atoms with Gasteiger partial charge in [0.25, 0.3) is 0 Å². The molecule has 8 nitrogen and oxygen atoms in total. The minimum absolute atomic E-state index is 0.0330. The number of esters is 1. The lowest BCUT2D eigenvalue weighted by atomic mass is 9.75. The molecule has 0 aromatic heterocycles. The molecule has 1 heterocycles. The zero-order chi connectivity index (χ0) is 30.5. The van der Waals surface area contributed by atoms with Gasteiger partial charge in [0, 0.05) is 0 Å². The Labute approximate surface area is 250 Å². The van der Waals surface area contributed by atoms with Crippen LogP contribution in [-0.4, -0.2) is 51.0 Å². The quantitative estimate of drug-likeness (QED) is 0.232. The van der Waals surface area contributed by atoms with E-state index in [9.17, 15) is 26.7 Å². The molecule has 1 fully saturated rings. The van der Waals surface area contributed by atoms with E-state index in [1.807, 2.05) is 0 Å². The molecule has 1 aliphatic heterocycles. The molecule has 2 aromatic carbocycles. The average molecular weight is 619 g/mol. The highest BCUT2D eigenvalue weighted by Gasteiger charge is 2.40. The largest absolute Gasteiger partial charge is 0.428 e. The normalized spacial score (nSPS) is 24.0. The maximum Gasteiger partial charge on any atom is 0.339 e. The van der Waals surface area contributed by atoms with Gasteiger partial charge in [-0.2, -0.15) is 0 Å². The lowest BCUT2D eigenvalue weighted by Gasteiger charge is -2.37. The fourth-order valence-electron chi connectivity index (χ4n) is 5.99. The number of carbonyl (C=O) groups is 1. The highest BCUT2D eigenvalue weighted by atomic mass is 32.3. The monoisotopic (exact) mass is 618 g/mol. The van der Waals surface area contributed by atoms with Crippen molar-refractivity contribution in [2.75, 3.05) is 0 Å². The number of carbonyl (C=O) groups excluding carboxylic acids is 1. The second kappa shape index (κ2) is 13.8. The molecule has 0 spiro atoms. The Morgan fingerprint density at radius 2 is 1.43 bits per heavy atom. The van der Waals surface area contributed by atoms with Gasteiger partial charge in [0.2, 0.25) is 6.29 Å². The molecule has 4 rings (SSSR count). The summed E-state index contributed by atoms with van der Waals surface area (Å²) in [6.45, 7) is 6.53. The standard InChI is InChI=1S/C32H42O8S2/c1-22(2)26-19-18-23(3)20-29(26)39-30-21-27(32(34)40-30)28(33)16-10-11-17-31(41(35,36)24-12-6-4-7-13-24)42(37,38)25-14-8-5-9-15-25/h4-9,12-15,21-23,26,28-31,33H,10-11,16-20H2,1-3H3/t23-,26+,28+,29-,30-/m1/s1. The zero-order valence-electron chi connectivity index (χ0n) is 24.5. The fraction of sp³-hybridized carbons (Fsp3) is 0.531. The number of unbranched alkanes of at least 4 members (excludes halogenated alkanes) is 1. The number of hydrogen-bond donors (Lipinski definition) is 1. The van der Waals surface area contributed by atoms with E-state index in [1.165, 1.54) is 30.3 Å². The molecule has 2 aliphatic rings. The van der Waals surface area contributed by atoms with Crippen LogP contribution in [0.3, 0.4) is 0 Å². The van der Waals surface area contributed by atoms with Gasteiger partial charge in [-0.15, -0.1) is 0 Å². The smallest absolute Gasteiger partial charge is 0.339 e. The Hall–Kier alpha value is -2.53. The topological polar surface area (TPSA) is 124 Å². The number of benzene rings is 2. The average Bonchev–Trinajstić information content (AvgIpc) is 3.33. The Bertz CT molecular complexity index is 1370. The van der Waals surface area contributed by atoms with Crippen LogP contribution in [0, 0.1) is 17.8 Å². The van der Waals surface area contributed by atoms with Gasteiger partial charge in [-0.25, -0.2) is 21.6 Å². The van der Waals surface area contributed by atoms with E-state index >= 15 is 0 Å². The molecule has 10 heteroatoms. The van der Waals surface area contributed by atoms with Gasteiger partial charge in [0.1, 0.15) is 0 Å². The number of cyclic esters (lactones) is 1. The van der Waals surface area contributed by atoms with Gasteiger partial charge in [-0.1, -0.05) is 76.4 Å². The van der Waals surface area contributed by atoms with Gasteiger partial charge >= 0.3 is 5.97 Å². The molecule has 42 heavy (non-hydrogen) atoms. The molecule has 1 saturated carbocycles. The van der Waals surface area contributed by atoms with Gasteiger partial charge in [-0.05, 0) is 73.8 Å². The molecule has 1 N–H and O–H groups in total. The van der Waals surface area contributed by atoms with Crippen molar-refractivity contribution in [3.8, 4) is 0 Å². The van der Waals surface area contributed by atoms with Gasteiger partial charge in [0.05, 0.1) is 27.6 Å². The zero-order valence-corrected chi connectivity index (χ0v) is 26.1. The molecule has 0 saturated heterocycles. The number of rotatable bonds is 13. The summed E-state index contributed by atoms with van der Waals surface area (Å²) >= 11 is 0. The predicted octanol–water partition coefficient (Wildman–Crippen LogP) is 5.47. The van der Waals surface area contributed by atoms with Gasteiger partial charge < -0.3 is 14.6 Å². The number of sulfone groups is 2. The highest BCUT2D eigenvalue weighted by molar-refractivity contribution is 8.09. The van der Waals surface area contributed by atoms with Crippen LogP contribution in [-0.2, 0) is 33.9 Å². The van der Waals surface area contributed by atoms with Crippen LogP contribution < -0.4 is 0 Å².